The summed E-state index contributed by atoms with van der Waals surface area (Å²) in [6.45, 7) is 2.06. The smallest absolute Gasteiger partial charge is 0.251 e. The van der Waals surface area contributed by atoms with Gasteiger partial charge in [-0.1, -0.05) is 23.2 Å². The normalized spacial score (nSPS) is 18.9. The first-order valence-electron chi connectivity index (χ1n) is 5.68. The largest absolute Gasteiger partial charge is 0.397 e. The van der Waals surface area contributed by atoms with E-state index in [9.17, 15) is 4.79 Å². The summed E-state index contributed by atoms with van der Waals surface area (Å²) in [5, 5.41) is 3.40. The summed E-state index contributed by atoms with van der Waals surface area (Å²) in [4.78, 5) is 11.9. The maximum Gasteiger partial charge on any atom is 0.251 e. The lowest BCUT2D eigenvalue weighted by Crippen LogP contribution is -2.29. The molecule has 1 heterocycles. The van der Waals surface area contributed by atoms with Crippen LogP contribution in [0.5, 0.6) is 0 Å². The molecule has 1 unspecified atom stereocenters. The van der Waals surface area contributed by atoms with E-state index in [1.807, 2.05) is 0 Å². The Morgan fingerprint density at radius 2 is 2.28 bits per heavy atom. The van der Waals surface area contributed by atoms with Gasteiger partial charge in [0.25, 0.3) is 5.91 Å². The van der Waals surface area contributed by atoms with E-state index in [0.29, 0.717) is 30.3 Å². The van der Waals surface area contributed by atoms with Crippen LogP contribution in [0.2, 0.25) is 10.0 Å². The Labute approximate surface area is 115 Å². The quantitative estimate of drug-likeness (QED) is 0.839. The molecular formula is C12H14Cl2N2O2. The molecule has 0 aromatic heterocycles. The van der Waals surface area contributed by atoms with Crippen molar-refractivity contribution >= 4 is 34.8 Å². The fraction of sp³-hybridized carbons (Fsp3) is 0.417. The van der Waals surface area contributed by atoms with Crippen LogP contribution in [0, 0.1) is 5.92 Å². The van der Waals surface area contributed by atoms with Gasteiger partial charge in [0.05, 0.1) is 22.3 Å². The van der Waals surface area contributed by atoms with Crippen molar-refractivity contribution in [2.75, 3.05) is 25.5 Å². The number of nitrogens with one attached hydrogen (secondary N) is 1. The number of ether oxygens (including phenoxy) is 1. The van der Waals surface area contributed by atoms with Gasteiger partial charge in [-0.05, 0) is 18.6 Å². The van der Waals surface area contributed by atoms with E-state index in [0.717, 1.165) is 13.0 Å². The van der Waals surface area contributed by atoms with Gasteiger partial charge in [0.1, 0.15) is 0 Å². The van der Waals surface area contributed by atoms with Crippen molar-refractivity contribution in [3.8, 4) is 0 Å². The van der Waals surface area contributed by atoms with Gasteiger partial charge in [0, 0.05) is 24.6 Å². The highest BCUT2D eigenvalue weighted by Gasteiger charge is 2.17. The van der Waals surface area contributed by atoms with Gasteiger partial charge in [-0.3, -0.25) is 4.79 Å². The maximum atomic E-state index is 11.9. The molecule has 1 atom stereocenters. The number of carbonyl (C=O) groups is 1. The Kier molecular flexibility index (Phi) is 4.32. The van der Waals surface area contributed by atoms with Crippen molar-refractivity contribution in [3.05, 3.63) is 27.7 Å². The van der Waals surface area contributed by atoms with Crippen molar-refractivity contribution in [2.45, 2.75) is 6.42 Å². The predicted octanol–water partition coefficient (Wildman–Crippen LogP) is 2.34. The van der Waals surface area contributed by atoms with Crippen LogP contribution >= 0.6 is 23.2 Å². The van der Waals surface area contributed by atoms with Gasteiger partial charge in [-0.2, -0.15) is 0 Å². The van der Waals surface area contributed by atoms with Gasteiger partial charge in [0.2, 0.25) is 0 Å². The Morgan fingerprint density at radius 3 is 2.89 bits per heavy atom. The van der Waals surface area contributed by atoms with Gasteiger partial charge in [-0.25, -0.2) is 0 Å². The summed E-state index contributed by atoms with van der Waals surface area (Å²) in [5.74, 6) is 0.182. The number of halogens is 2. The van der Waals surface area contributed by atoms with E-state index in [1.54, 1.807) is 0 Å². The van der Waals surface area contributed by atoms with Gasteiger partial charge in [-0.15, -0.1) is 0 Å². The third-order valence-electron chi connectivity index (χ3n) is 2.89. The predicted molar refractivity (Wildman–Crippen MR) is 72.1 cm³/mol. The minimum Gasteiger partial charge on any atom is -0.397 e. The summed E-state index contributed by atoms with van der Waals surface area (Å²) in [5.41, 5.74) is 6.38. The fourth-order valence-corrected chi connectivity index (χ4v) is 2.16. The molecule has 0 spiro atoms. The van der Waals surface area contributed by atoms with Crippen LogP contribution in [0.15, 0.2) is 12.1 Å². The number of nitrogens with two attached hydrogens (primary N) is 1. The van der Waals surface area contributed by atoms with Crippen LogP contribution in [0.1, 0.15) is 16.8 Å². The molecule has 1 saturated heterocycles. The third-order valence-corrected chi connectivity index (χ3v) is 3.71. The molecule has 1 aliphatic rings. The lowest BCUT2D eigenvalue weighted by Gasteiger charge is -2.10. The molecule has 0 aliphatic carbocycles. The highest BCUT2D eigenvalue weighted by atomic mass is 35.5. The molecule has 0 saturated carbocycles. The van der Waals surface area contributed by atoms with Crippen LogP contribution in [0.4, 0.5) is 5.69 Å². The third kappa shape index (κ3) is 3.07. The summed E-state index contributed by atoms with van der Waals surface area (Å²) >= 11 is 11.7. The van der Waals surface area contributed by atoms with E-state index in [4.69, 9.17) is 33.7 Å². The molecule has 1 amide bonds. The van der Waals surface area contributed by atoms with E-state index < -0.39 is 0 Å². The zero-order chi connectivity index (χ0) is 13.1. The number of hydrogen-bond donors (Lipinski definition) is 2. The molecule has 3 N–H and O–H groups in total. The number of anilines is 1. The Balaban J connectivity index is 2.00. The molecule has 0 radical (unpaired) electrons. The van der Waals surface area contributed by atoms with Crippen LogP contribution in [-0.2, 0) is 4.74 Å². The zero-order valence-electron chi connectivity index (χ0n) is 9.71. The van der Waals surface area contributed by atoms with Crippen LogP contribution < -0.4 is 11.1 Å². The molecule has 1 aromatic rings. The van der Waals surface area contributed by atoms with Crippen LogP contribution in [-0.4, -0.2) is 25.7 Å². The number of carbonyl (C=O) groups excluding carboxylic acids is 1. The van der Waals surface area contributed by atoms with Crippen molar-refractivity contribution < 1.29 is 9.53 Å². The number of amides is 1. The number of hydrogen-bond acceptors (Lipinski definition) is 3. The molecule has 0 bridgehead atoms. The van der Waals surface area contributed by atoms with Crippen molar-refractivity contribution in [1.29, 1.82) is 0 Å². The van der Waals surface area contributed by atoms with Crippen LogP contribution in [0.3, 0.4) is 0 Å². The average molecular weight is 289 g/mol. The van der Waals surface area contributed by atoms with Crippen molar-refractivity contribution in [1.82, 2.24) is 5.32 Å². The molecule has 98 valence electrons. The van der Waals surface area contributed by atoms with Gasteiger partial charge in [0.15, 0.2) is 0 Å². The van der Waals surface area contributed by atoms with Gasteiger partial charge >= 0.3 is 0 Å². The van der Waals surface area contributed by atoms with Crippen molar-refractivity contribution in [2.24, 2.45) is 5.92 Å². The number of nitrogen functional groups attached to an aromatic ring is 1. The molecule has 2 rings (SSSR count). The summed E-state index contributed by atoms with van der Waals surface area (Å²) in [7, 11) is 0. The molecule has 1 aliphatic heterocycles. The van der Waals surface area contributed by atoms with E-state index in [-0.39, 0.29) is 16.0 Å². The molecule has 1 fully saturated rings. The standard InChI is InChI=1S/C12H14Cl2N2O2/c13-9-3-8(4-10(15)11(9)14)12(17)16-5-7-1-2-18-6-7/h3-4,7H,1-2,5-6,15H2,(H,16,17). The molecular weight excluding hydrogens is 275 g/mol. The average Bonchev–Trinajstić information content (AvgIpc) is 2.85. The monoisotopic (exact) mass is 288 g/mol. The van der Waals surface area contributed by atoms with E-state index in [2.05, 4.69) is 5.32 Å². The first-order valence-corrected chi connectivity index (χ1v) is 6.44. The van der Waals surface area contributed by atoms with Gasteiger partial charge < -0.3 is 15.8 Å². The maximum absolute atomic E-state index is 11.9. The summed E-state index contributed by atoms with van der Waals surface area (Å²) in [6.07, 6.45) is 0.976. The van der Waals surface area contributed by atoms with E-state index in [1.165, 1.54) is 12.1 Å². The first-order chi connectivity index (χ1) is 8.58. The Hall–Kier alpha value is -0.970. The lowest BCUT2D eigenvalue weighted by atomic mass is 10.1. The lowest BCUT2D eigenvalue weighted by molar-refractivity contribution is 0.0945. The summed E-state index contributed by atoms with van der Waals surface area (Å²) in [6, 6.07) is 3.04. The zero-order valence-corrected chi connectivity index (χ0v) is 11.2. The Morgan fingerprint density at radius 1 is 1.50 bits per heavy atom. The SMILES string of the molecule is Nc1cc(C(=O)NCC2CCOC2)cc(Cl)c1Cl. The molecule has 6 heteroatoms. The van der Waals surface area contributed by atoms with E-state index >= 15 is 0 Å². The minimum atomic E-state index is -0.202. The molecule has 18 heavy (non-hydrogen) atoms. The number of benzene rings is 1. The molecule has 1 aromatic carbocycles. The second kappa shape index (κ2) is 5.78. The number of rotatable bonds is 3. The summed E-state index contributed by atoms with van der Waals surface area (Å²) < 4.78 is 5.24. The topological polar surface area (TPSA) is 64.4 Å². The van der Waals surface area contributed by atoms with Crippen molar-refractivity contribution in [3.63, 3.8) is 0 Å². The van der Waals surface area contributed by atoms with Crippen LogP contribution in [0.25, 0.3) is 0 Å². The minimum absolute atomic E-state index is 0.202. The highest BCUT2D eigenvalue weighted by Crippen LogP contribution is 2.29. The highest BCUT2D eigenvalue weighted by molar-refractivity contribution is 6.43. The second-order valence-corrected chi connectivity index (χ2v) is 5.09. The second-order valence-electron chi connectivity index (χ2n) is 4.30. The first kappa shape index (κ1) is 13.5. The molecule has 4 nitrogen and oxygen atoms in total. The fourth-order valence-electron chi connectivity index (χ4n) is 1.82. The Bertz CT molecular complexity index is 436.